The van der Waals surface area contributed by atoms with Crippen LogP contribution in [0, 0.1) is 6.92 Å². The van der Waals surface area contributed by atoms with Crippen LogP contribution in [0.15, 0.2) is 23.1 Å². The zero-order valence-electron chi connectivity index (χ0n) is 12.7. The van der Waals surface area contributed by atoms with Crippen LogP contribution in [0.5, 0.6) is 0 Å². The number of sulfonamides is 1. The van der Waals surface area contributed by atoms with Gasteiger partial charge in [0.05, 0.1) is 4.90 Å². The standard InChI is InChI=1S/C14H25N3O2S/c1-11(2)17(4)9-5-8-16-20(18,19)13-6-7-14(15)12(3)10-13/h6-7,10-11,16H,5,8-9,15H2,1-4H3. The second-order valence-electron chi connectivity index (χ2n) is 5.34. The highest BCUT2D eigenvalue weighted by Gasteiger charge is 2.14. The summed E-state index contributed by atoms with van der Waals surface area (Å²) >= 11 is 0. The number of aryl methyl sites for hydroxylation is 1. The molecule has 0 amide bonds. The minimum atomic E-state index is -3.44. The summed E-state index contributed by atoms with van der Waals surface area (Å²) < 4.78 is 26.8. The van der Waals surface area contributed by atoms with Crippen LogP contribution in [0.2, 0.25) is 0 Å². The molecule has 0 aliphatic heterocycles. The van der Waals surface area contributed by atoms with E-state index in [1.54, 1.807) is 19.1 Å². The summed E-state index contributed by atoms with van der Waals surface area (Å²) in [7, 11) is -1.41. The van der Waals surface area contributed by atoms with E-state index in [1.807, 2.05) is 7.05 Å². The molecule has 5 nitrogen and oxygen atoms in total. The van der Waals surface area contributed by atoms with Gasteiger partial charge in [0.1, 0.15) is 0 Å². The maximum Gasteiger partial charge on any atom is 0.240 e. The Bertz CT molecular complexity index is 541. The van der Waals surface area contributed by atoms with Crippen LogP contribution in [0.4, 0.5) is 5.69 Å². The fourth-order valence-electron chi connectivity index (χ4n) is 1.69. The first-order chi connectivity index (χ1) is 9.24. The van der Waals surface area contributed by atoms with E-state index in [2.05, 4.69) is 23.5 Å². The van der Waals surface area contributed by atoms with Gasteiger partial charge in [-0.2, -0.15) is 0 Å². The van der Waals surface area contributed by atoms with Crippen molar-refractivity contribution >= 4 is 15.7 Å². The van der Waals surface area contributed by atoms with Crippen molar-refractivity contribution in [2.45, 2.75) is 38.1 Å². The molecule has 6 heteroatoms. The number of rotatable bonds is 7. The van der Waals surface area contributed by atoms with E-state index in [-0.39, 0.29) is 4.90 Å². The van der Waals surface area contributed by atoms with Gasteiger partial charge in [0.2, 0.25) is 10.0 Å². The van der Waals surface area contributed by atoms with Gasteiger partial charge in [-0.3, -0.25) is 0 Å². The maximum absolute atomic E-state index is 12.1. The van der Waals surface area contributed by atoms with Crippen molar-refractivity contribution in [1.82, 2.24) is 9.62 Å². The molecule has 1 aromatic carbocycles. The zero-order chi connectivity index (χ0) is 15.3. The second kappa shape index (κ2) is 7.06. The molecule has 1 aromatic rings. The van der Waals surface area contributed by atoms with Crippen LogP contribution in [0.25, 0.3) is 0 Å². The molecular formula is C14H25N3O2S. The molecule has 0 spiro atoms. The third kappa shape index (κ3) is 4.77. The number of nitrogens with two attached hydrogens (primary N) is 1. The number of anilines is 1. The van der Waals surface area contributed by atoms with Crippen LogP contribution in [0.1, 0.15) is 25.8 Å². The number of nitrogens with zero attached hydrogens (tertiary/aromatic N) is 1. The topological polar surface area (TPSA) is 75.4 Å². The Kier molecular flexibility index (Phi) is 5.98. The van der Waals surface area contributed by atoms with E-state index in [4.69, 9.17) is 5.73 Å². The largest absolute Gasteiger partial charge is 0.399 e. The molecule has 0 unspecified atom stereocenters. The van der Waals surface area contributed by atoms with E-state index in [9.17, 15) is 8.42 Å². The van der Waals surface area contributed by atoms with Crippen molar-refractivity contribution in [3.63, 3.8) is 0 Å². The lowest BCUT2D eigenvalue weighted by Crippen LogP contribution is -2.31. The van der Waals surface area contributed by atoms with Crippen molar-refractivity contribution in [3.05, 3.63) is 23.8 Å². The normalized spacial score (nSPS) is 12.3. The Morgan fingerprint density at radius 3 is 2.55 bits per heavy atom. The average molecular weight is 299 g/mol. The van der Waals surface area contributed by atoms with Crippen molar-refractivity contribution in [2.24, 2.45) is 0 Å². The molecular weight excluding hydrogens is 274 g/mol. The van der Waals surface area contributed by atoms with E-state index >= 15 is 0 Å². The number of nitrogen functional groups attached to an aromatic ring is 1. The van der Waals surface area contributed by atoms with E-state index in [1.165, 1.54) is 6.07 Å². The lowest BCUT2D eigenvalue weighted by Gasteiger charge is -2.20. The SMILES string of the molecule is Cc1cc(S(=O)(=O)NCCCN(C)C(C)C)ccc1N. The lowest BCUT2D eigenvalue weighted by molar-refractivity contribution is 0.271. The third-order valence-corrected chi connectivity index (χ3v) is 4.87. The summed E-state index contributed by atoms with van der Waals surface area (Å²) in [5, 5.41) is 0. The fourth-order valence-corrected chi connectivity index (χ4v) is 2.85. The fraction of sp³-hybridized carbons (Fsp3) is 0.571. The van der Waals surface area contributed by atoms with Crippen LogP contribution < -0.4 is 10.5 Å². The van der Waals surface area contributed by atoms with Gasteiger partial charge in [-0.15, -0.1) is 0 Å². The molecule has 0 aromatic heterocycles. The molecule has 1 rings (SSSR count). The molecule has 0 bridgehead atoms. The molecule has 114 valence electrons. The number of benzene rings is 1. The van der Waals surface area contributed by atoms with Gasteiger partial charge in [-0.05, 0) is 64.5 Å². The lowest BCUT2D eigenvalue weighted by atomic mass is 10.2. The minimum absolute atomic E-state index is 0.265. The highest BCUT2D eigenvalue weighted by molar-refractivity contribution is 7.89. The van der Waals surface area contributed by atoms with Gasteiger partial charge in [-0.25, -0.2) is 13.1 Å². The Morgan fingerprint density at radius 2 is 2.00 bits per heavy atom. The quantitative estimate of drug-likeness (QED) is 0.592. The van der Waals surface area contributed by atoms with Gasteiger partial charge in [0, 0.05) is 18.3 Å². The number of hydrogen-bond donors (Lipinski definition) is 2. The molecule has 0 aliphatic carbocycles. The summed E-state index contributed by atoms with van der Waals surface area (Å²) in [5.41, 5.74) is 7.06. The molecule has 0 saturated carbocycles. The molecule has 0 heterocycles. The summed E-state index contributed by atoms with van der Waals surface area (Å²) in [6.45, 7) is 7.32. The van der Waals surface area contributed by atoms with Crippen molar-refractivity contribution in [3.8, 4) is 0 Å². The minimum Gasteiger partial charge on any atom is -0.399 e. The third-order valence-electron chi connectivity index (χ3n) is 3.41. The predicted octanol–water partition coefficient (Wildman–Crippen LogP) is 1.59. The van der Waals surface area contributed by atoms with Crippen LogP contribution in [-0.4, -0.2) is 39.5 Å². The highest BCUT2D eigenvalue weighted by Crippen LogP contribution is 2.16. The monoisotopic (exact) mass is 299 g/mol. The molecule has 0 radical (unpaired) electrons. The predicted molar refractivity (Wildman–Crippen MR) is 83.2 cm³/mol. The van der Waals surface area contributed by atoms with Crippen molar-refractivity contribution in [2.75, 3.05) is 25.9 Å². The first-order valence-corrected chi connectivity index (χ1v) is 8.28. The Labute approximate surface area is 122 Å². The number of nitrogens with one attached hydrogen (secondary N) is 1. The molecule has 0 saturated heterocycles. The Morgan fingerprint density at radius 1 is 1.35 bits per heavy atom. The first-order valence-electron chi connectivity index (χ1n) is 6.80. The Hall–Kier alpha value is -1.11. The maximum atomic E-state index is 12.1. The second-order valence-corrected chi connectivity index (χ2v) is 7.11. The van der Waals surface area contributed by atoms with E-state index in [0.717, 1.165) is 18.5 Å². The summed E-state index contributed by atoms with van der Waals surface area (Å²) in [6.07, 6.45) is 0.780. The van der Waals surface area contributed by atoms with Crippen molar-refractivity contribution < 1.29 is 8.42 Å². The van der Waals surface area contributed by atoms with Gasteiger partial charge in [0.25, 0.3) is 0 Å². The zero-order valence-corrected chi connectivity index (χ0v) is 13.5. The van der Waals surface area contributed by atoms with Gasteiger partial charge < -0.3 is 10.6 Å². The molecule has 3 N–H and O–H groups in total. The number of hydrogen-bond acceptors (Lipinski definition) is 4. The van der Waals surface area contributed by atoms with Crippen LogP contribution >= 0.6 is 0 Å². The van der Waals surface area contributed by atoms with Gasteiger partial charge >= 0.3 is 0 Å². The summed E-state index contributed by atoms with van der Waals surface area (Å²) in [4.78, 5) is 2.45. The molecule has 0 atom stereocenters. The molecule has 0 aliphatic rings. The summed E-state index contributed by atoms with van der Waals surface area (Å²) in [6, 6.07) is 5.21. The van der Waals surface area contributed by atoms with Crippen LogP contribution in [0.3, 0.4) is 0 Å². The molecule has 20 heavy (non-hydrogen) atoms. The van der Waals surface area contributed by atoms with E-state index in [0.29, 0.717) is 18.3 Å². The van der Waals surface area contributed by atoms with Gasteiger partial charge in [-0.1, -0.05) is 0 Å². The summed E-state index contributed by atoms with van der Waals surface area (Å²) in [5.74, 6) is 0. The average Bonchev–Trinajstić information content (AvgIpc) is 2.37. The van der Waals surface area contributed by atoms with Gasteiger partial charge in [0.15, 0.2) is 0 Å². The molecule has 0 fully saturated rings. The van der Waals surface area contributed by atoms with Crippen LogP contribution in [-0.2, 0) is 10.0 Å². The first kappa shape index (κ1) is 16.9. The smallest absolute Gasteiger partial charge is 0.240 e. The highest BCUT2D eigenvalue weighted by atomic mass is 32.2. The Balaban J connectivity index is 2.56. The van der Waals surface area contributed by atoms with E-state index < -0.39 is 10.0 Å². The van der Waals surface area contributed by atoms with Crippen molar-refractivity contribution in [1.29, 1.82) is 0 Å².